The third kappa shape index (κ3) is 6.24. The number of aliphatic hydroxyl groups excluding tert-OH is 1. The first kappa shape index (κ1) is 14.7. The molecule has 3 N–H and O–H groups in total. The van der Waals surface area contributed by atoms with E-state index >= 15 is 0 Å². The summed E-state index contributed by atoms with van der Waals surface area (Å²) >= 11 is 11.8. The summed E-state index contributed by atoms with van der Waals surface area (Å²) in [5, 5.41) is 16.8. The van der Waals surface area contributed by atoms with Crippen molar-refractivity contribution in [3.05, 3.63) is 33.8 Å². The molecular weight excluding hydrogens is 259 g/mol. The molecule has 1 aromatic rings. The molecule has 0 spiro atoms. The molecule has 0 aliphatic heterocycles. The highest BCUT2D eigenvalue weighted by molar-refractivity contribution is 6.35. The zero-order valence-electron chi connectivity index (χ0n) is 9.84. The van der Waals surface area contributed by atoms with Gasteiger partial charge in [0.1, 0.15) is 0 Å². The van der Waals surface area contributed by atoms with E-state index in [1.807, 2.05) is 12.1 Å². The number of benzene rings is 1. The van der Waals surface area contributed by atoms with E-state index in [2.05, 4.69) is 10.6 Å². The monoisotopic (exact) mass is 276 g/mol. The summed E-state index contributed by atoms with van der Waals surface area (Å²) in [4.78, 5) is 0. The molecule has 0 amide bonds. The van der Waals surface area contributed by atoms with Crippen molar-refractivity contribution in [1.29, 1.82) is 0 Å². The lowest BCUT2D eigenvalue weighted by Crippen LogP contribution is -2.31. The van der Waals surface area contributed by atoms with Gasteiger partial charge in [0.05, 0.1) is 6.10 Å². The summed E-state index contributed by atoms with van der Waals surface area (Å²) in [6.07, 6.45) is -0.305. The van der Waals surface area contributed by atoms with Crippen LogP contribution in [0.5, 0.6) is 0 Å². The third-order valence-corrected chi connectivity index (χ3v) is 2.84. The number of rotatable bonds is 7. The van der Waals surface area contributed by atoms with Crippen LogP contribution in [0.4, 0.5) is 0 Å². The molecule has 1 unspecified atom stereocenters. The minimum Gasteiger partial charge on any atom is -0.392 e. The van der Waals surface area contributed by atoms with Gasteiger partial charge in [-0.1, -0.05) is 29.3 Å². The summed E-state index contributed by atoms with van der Waals surface area (Å²) in [6.45, 7) is 4.73. The van der Waals surface area contributed by atoms with Crippen molar-refractivity contribution in [3.63, 3.8) is 0 Å². The molecule has 0 bridgehead atoms. The topological polar surface area (TPSA) is 44.3 Å². The number of halogens is 2. The predicted molar refractivity (Wildman–Crippen MR) is 72.7 cm³/mol. The fourth-order valence-electron chi connectivity index (χ4n) is 1.38. The molecule has 0 radical (unpaired) electrons. The first-order chi connectivity index (χ1) is 8.09. The fourth-order valence-corrected chi connectivity index (χ4v) is 1.85. The van der Waals surface area contributed by atoms with Crippen LogP contribution in [0.15, 0.2) is 18.2 Å². The number of nitrogens with one attached hydrogen (secondary N) is 2. The zero-order valence-corrected chi connectivity index (χ0v) is 11.4. The van der Waals surface area contributed by atoms with Crippen LogP contribution in [0.25, 0.3) is 0 Å². The molecule has 1 rings (SSSR count). The van der Waals surface area contributed by atoms with Gasteiger partial charge < -0.3 is 15.7 Å². The summed E-state index contributed by atoms with van der Waals surface area (Å²) < 4.78 is 0. The van der Waals surface area contributed by atoms with Crippen LogP contribution in [0, 0.1) is 0 Å². The largest absolute Gasteiger partial charge is 0.392 e. The third-order valence-electron chi connectivity index (χ3n) is 2.25. The molecule has 3 nitrogen and oxygen atoms in total. The van der Waals surface area contributed by atoms with E-state index in [0.29, 0.717) is 23.1 Å². The number of hydrogen-bond acceptors (Lipinski definition) is 3. The standard InChI is InChI=1S/C12H18Cl2N2O/c1-9(17)7-15-4-5-16-8-10-2-3-11(13)6-12(10)14/h2-3,6,9,15-17H,4-5,7-8H2,1H3. The normalized spacial score (nSPS) is 12.7. The van der Waals surface area contributed by atoms with E-state index in [-0.39, 0.29) is 6.10 Å². The summed E-state index contributed by atoms with van der Waals surface area (Å²) in [7, 11) is 0. The molecule has 0 saturated carbocycles. The van der Waals surface area contributed by atoms with E-state index in [0.717, 1.165) is 18.7 Å². The van der Waals surface area contributed by atoms with Gasteiger partial charge in [-0.3, -0.25) is 0 Å². The van der Waals surface area contributed by atoms with E-state index in [1.165, 1.54) is 0 Å². The van der Waals surface area contributed by atoms with Crippen molar-refractivity contribution >= 4 is 23.2 Å². The second-order valence-corrected chi connectivity index (χ2v) is 4.81. The highest BCUT2D eigenvalue weighted by Gasteiger charge is 2.00. The molecule has 1 atom stereocenters. The first-order valence-electron chi connectivity index (χ1n) is 5.63. The minimum atomic E-state index is -0.305. The van der Waals surface area contributed by atoms with E-state index in [9.17, 15) is 0 Å². The molecule has 17 heavy (non-hydrogen) atoms. The average molecular weight is 277 g/mol. The molecule has 1 aromatic carbocycles. The summed E-state index contributed by atoms with van der Waals surface area (Å²) in [5.41, 5.74) is 1.03. The van der Waals surface area contributed by atoms with Gasteiger partial charge in [0.25, 0.3) is 0 Å². The zero-order chi connectivity index (χ0) is 12.7. The first-order valence-corrected chi connectivity index (χ1v) is 6.38. The number of aliphatic hydroxyl groups is 1. The van der Waals surface area contributed by atoms with Crippen molar-refractivity contribution in [1.82, 2.24) is 10.6 Å². The van der Waals surface area contributed by atoms with Crippen LogP contribution in [0.3, 0.4) is 0 Å². The molecular formula is C12H18Cl2N2O. The van der Waals surface area contributed by atoms with Crippen LogP contribution in [-0.4, -0.2) is 30.8 Å². The lowest BCUT2D eigenvalue weighted by atomic mass is 10.2. The van der Waals surface area contributed by atoms with E-state index in [1.54, 1.807) is 13.0 Å². The molecule has 0 aliphatic carbocycles. The van der Waals surface area contributed by atoms with Crippen LogP contribution >= 0.6 is 23.2 Å². The average Bonchev–Trinajstić information content (AvgIpc) is 2.25. The Morgan fingerprint density at radius 1 is 1.24 bits per heavy atom. The van der Waals surface area contributed by atoms with Crippen molar-refractivity contribution in [2.45, 2.75) is 19.6 Å². The Labute approximate surface area is 112 Å². The predicted octanol–water partition coefficient (Wildman–Crippen LogP) is 2.05. The van der Waals surface area contributed by atoms with E-state index in [4.69, 9.17) is 28.3 Å². The SMILES string of the molecule is CC(O)CNCCNCc1ccc(Cl)cc1Cl. The maximum absolute atomic E-state index is 9.04. The molecule has 5 heteroatoms. The second-order valence-electron chi connectivity index (χ2n) is 3.97. The Bertz CT molecular complexity index is 345. The Morgan fingerprint density at radius 3 is 2.59 bits per heavy atom. The van der Waals surface area contributed by atoms with Gasteiger partial charge >= 0.3 is 0 Å². The Kier molecular flexibility index (Phi) is 6.85. The van der Waals surface area contributed by atoms with Gasteiger partial charge in [-0.25, -0.2) is 0 Å². The maximum atomic E-state index is 9.04. The molecule has 96 valence electrons. The summed E-state index contributed by atoms with van der Waals surface area (Å²) in [6, 6.07) is 5.49. The van der Waals surface area contributed by atoms with Gasteiger partial charge in [0.15, 0.2) is 0 Å². The highest BCUT2D eigenvalue weighted by Crippen LogP contribution is 2.20. The lowest BCUT2D eigenvalue weighted by Gasteiger charge is -2.09. The van der Waals surface area contributed by atoms with Gasteiger partial charge in [0.2, 0.25) is 0 Å². The van der Waals surface area contributed by atoms with Gasteiger partial charge in [0, 0.05) is 36.2 Å². The second kappa shape index (κ2) is 7.90. The molecule has 0 saturated heterocycles. The van der Waals surface area contributed by atoms with Crippen molar-refractivity contribution in [2.24, 2.45) is 0 Å². The lowest BCUT2D eigenvalue weighted by molar-refractivity contribution is 0.191. The Balaban J connectivity index is 2.18. The Hall–Kier alpha value is -0.320. The van der Waals surface area contributed by atoms with Crippen molar-refractivity contribution in [3.8, 4) is 0 Å². The molecule has 0 fully saturated rings. The smallest absolute Gasteiger partial charge is 0.0636 e. The number of hydrogen-bond donors (Lipinski definition) is 3. The van der Waals surface area contributed by atoms with Crippen LogP contribution in [0.1, 0.15) is 12.5 Å². The quantitative estimate of drug-likeness (QED) is 0.668. The molecule has 0 aliphatic rings. The van der Waals surface area contributed by atoms with Crippen molar-refractivity contribution in [2.75, 3.05) is 19.6 Å². The van der Waals surface area contributed by atoms with E-state index < -0.39 is 0 Å². The van der Waals surface area contributed by atoms with Crippen LogP contribution in [-0.2, 0) is 6.54 Å². The molecule has 0 aromatic heterocycles. The van der Waals surface area contributed by atoms with Gasteiger partial charge in [-0.05, 0) is 24.6 Å². The maximum Gasteiger partial charge on any atom is 0.0636 e. The molecule has 0 heterocycles. The Morgan fingerprint density at radius 2 is 1.94 bits per heavy atom. The fraction of sp³-hybridized carbons (Fsp3) is 0.500. The summed E-state index contributed by atoms with van der Waals surface area (Å²) in [5.74, 6) is 0. The van der Waals surface area contributed by atoms with Gasteiger partial charge in [-0.2, -0.15) is 0 Å². The van der Waals surface area contributed by atoms with Crippen molar-refractivity contribution < 1.29 is 5.11 Å². The minimum absolute atomic E-state index is 0.305. The van der Waals surface area contributed by atoms with Crippen LogP contribution in [0.2, 0.25) is 10.0 Å². The van der Waals surface area contributed by atoms with Crippen LogP contribution < -0.4 is 10.6 Å². The van der Waals surface area contributed by atoms with Gasteiger partial charge in [-0.15, -0.1) is 0 Å². The highest BCUT2D eigenvalue weighted by atomic mass is 35.5.